The van der Waals surface area contributed by atoms with Gasteiger partial charge in [-0.05, 0) is 55.3 Å². The molecule has 0 amide bonds. The molecule has 1 aromatic heterocycles. The summed E-state index contributed by atoms with van der Waals surface area (Å²) in [4.78, 5) is 9.86. The average Bonchev–Trinajstić information content (AvgIpc) is 3.22. The molecule has 0 spiro atoms. The molecule has 1 aliphatic rings. The lowest BCUT2D eigenvalue weighted by Crippen LogP contribution is -2.16. The van der Waals surface area contributed by atoms with Crippen LogP contribution in [0.5, 0.6) is 0 Å². The number of hydrogen-bond acceptors (Lipinski definition) is 4. The Hall–Kier alpha value is -1.10. The lowest BCUT2D eigenvalue weighted by Gasteiger charge is -2.11. The molecule has 5 heteroatoms. The quantitative estimate of drug-likeness (QED) is 0.852. The Morgan fingerprint density at radius 1 is 1.35 bits per heavy atom. The number of nitrogens with zero attached hydrogens (tertiary/aromatic N) is 2. The maximum atomic E-state index is 6.34. The Kier molecular flexibility index (Phi) is 4.24. The summed E-state index contributed by atoms with van der Waals surface area (Å²) in [6.45, 7) is 2.78. The third-order valence-electron chi connectivity index (χ3n) is 3.19. The average molecular weight is 306 g/mol. The van der Waals surface area contributed by atoms with Gasteiger partial charge in [-0.25, -0.2) is 9.97 Å². The second kappa shape index (κ2) is 6.12. The lowest BCUT2D eigenvalue weighted by molar-refractivity contribution is 0.680. The fourth-order valence-corrected chi connectivity index (χ4v) is 3.16. The number of halogens is 1. The number of aromatic nitrogens is 2. The number of aryl methyl sites for hydroxylation is 1. The highest BCUT2D eigenvalue weighted by atomic mass is 35.5. The van der Waals surface area contributed by atoms with Gasteiger partial charge in [0.05, 0.1) is 0 Å². The molecule has 3 nitrogen and oxygen atoms in total. The molecule has 1 aromatic carbocycles. The first-order chi connectivity index (χ1) is 9.72. The van der Waals surface area contributed by atoms with Crippen LogP contribution in [0.2, 0.25) is 5.02 Å². The monoisotopic (exact) mass is 305 g/mol. The third kappa shape index (κ3) is 3.51. The van der Waals surface area contributed by atoms with E-state index in [0.717, 1.165) is 32.9 Å². The molecule has 2 aromatic rings. The van der Waals surface area contributed by atoms with Crippen molar-refractivity contribution in [3.05, 3.63) is 46.7 Å². The Labute approximate surface area is 128 Å². The van der Waals surface area contributed by atoms with Crippen molar-refractivity contribution in [3.63, 3.8) is 0 Å². The van der Waals surface area contributed by atoms with Crippen LogP contribution in [0.3, 0.4) is 0 Å². The van der Waals surface area contributed by atoms with Crippen LogP contribution in [0.1, 0.15) is 24.1 Å². The van der Waals surface area contributed by atoms with Gasteiger partial charge in [0, 0.05) is 34.4 Å². The summed E-state index contributed by atoms with van der Waals surface area (Å²) in [7, 11) is 0. The van der Waals surface area contributed by atoms with E-state index in [1.54, 1.807) is 18.0 Å². The summed E-state index contributed by atoms with van der Waals surface area (Å²) < 4.78 is 0. The zero-order valence-corrected chi connectivity index (χ0v) is 12.8. The van der Waals surface area contributed by atoms with E-state index in [1.165, 1.54) is 12.8 Å². The fourth-order valence-electron chi connectivity index (χ4n) is 1.91. The van der Waals surface area contributed by atoms with Crippen LogP contribution in [0.15, 0.2) is 40.5 Å². The molecule has 0 atom stereocenters. The highest BCUT2D eigenvalue weighted by Gasteiger charge is 2.21. The second-order valence-corrected chi connectivity index (χ2v) is 6.37. The van der Waals surface area contributed by atoms with Gasteiger partial charge in [0.15, 0.2) is 5.16 Å². The minimum Gasteiger partial charge on any atom is -0.310 e. The molecule has 1 aliphatic carbocycles. The van der Waals surface area contributed by atoms with E-state index in [0.29, 0.717) is 6.04 Å². The third-order valence-corrected chi connectivity index (χ3v) is 4.53. The minimum atomic E-state index is 0.666. The Morgan fingerprint density at radius 3 is 2.95 bits per heavy atom. The maximum Gasteiger partial charge on any atom is 0.192 e. The first-order valence-electron chi connectivity index (χ1n) is 6.70. The number of benzene rings is 1. The van der Waals surface area contributed by atoms with Gasteiger partial charge >= 0.3 is 0 Å². The SMILES string of the molecule is Cc1ccnc(Sc2cccc(Cl)c2CNC2CC2)n1. The Bertz CT molecular complexity index is 614. The van der Waals surface area contributed by atoms with Crippen molar-refractivity contribution in [3.8, 4) is 0 Å². The molecule has 0 saturated heterocycles. The highest BCUT2D eigenvalue weighted by molar-refractivity contribution is 7.99. The van der Waals surface area contributed by atoms with E-state index in [-0.39, 0.29) is 0 Å². The molecule has 3 rings (SSSR count). The van der Waals surface area contributed by atoms with Crippen molar-refractivity contribution in [2.45, 2.75) is 42.4 Å². The summed E-state index contributed by atoms with van der Waals surface area (Å²) in [5.74, 6) is 0. The van der Waals surface area contributed by atoms with Gasteiger partial charge < -0.3 is 5.32 Å². The molecule has 1 saturated carbocycles. The standard InChI is InChI=1S/C15H16ClN3S/c1-10-7-8-17-15(19-10)20-14-4-2-3-13(16)12(14)9-18-11-5-6-11/h2-4,7-8,11,18H,5-6,9H2,1H3. The van der Waals surface area contributed by atoms with Gasteiger partial charge in [0.2, 0.25) is 0 Å². The number of nitrogens with one attached hydrogen (secondary N) is 1. The maximum absolute atomic E-state index is 6.34. The summed E-state index contributed by atoms with van der Waals surface area (Å²) in [5, 5.41) is 5.08. The predicted octanol–water partition coefficient (Wildman–Crippen LogP) is 3.84. The first-order valence-corrected chi connectivity index (χ1v) is 7.90. The van der Waals surface area contributed by atoms with Crippen molar-refractivity contribution in [2.75, 3.05) is 0 Å². The smallest absolute Gasteiger partial charge is 0.192 e. The van der Waals surface area contributed by atoms with Crippen LogP contribution in [0, 0.1) is 6.92 Å². The largest absolute Gasteiger partial charge is 0.310 e. The lowest BCUT2D eigenvalue weighted by atomic mass is 10.2. The van der Waals surface area contributed by atoms with Crippen molar-refractivity contribution in [1.82, 2.24) is 15.3 Å². The minimum absolute atomic E-state index is 0.666. The molecule has 0 radical (unpaired) electrons. The van der Waals surface area contributed by atoms with Crippen LogP contribution in [-0.4, -0.2) is 16.0 Å². The molecular weight excluding hydrogens is 290 g/mol. The van der Waals surface area contributed by atoms with Crippen LogP contribution in [0.4, 0.5) is 0 Å². The van der Waals surface area contributed by atoms with Crippen LogP contribution >= 0.6 is 23.4 Å². The molecule has 1 fully saturated rings. The first kappa shape index (κ1) is 13.9. The van der Waals surface area contributed by atoms with Gasteiger partial charge in [-0.1, -0.05) is 17.7 Å². The molecule has 104 valence electrons. The summed E-state index contributed by atoms with van der Waals surface area (Å²) >= 11 is 7.90. The van der Waals surface area contributed by atoms with Crippen molar-refractivity contribution in [2.24, 2.45) is 0 Å². The Morgan fingerprint density at radius 2 is 2.20 bits per heavy atom. The summed E-state index contributed by atoms with van der Waals surface area (Å²) in [5.41, 5.74) is 2.11. The zero-order valence-electron chi connectivity index (χ0n) is 11.3. The van der Waals surface area contributed by atoms with Crippen molar-refractivity contribution < 1.29 is 0 Å². The van der Waals surface area contributed by atoms with Gasteiger partial charge in [-0.3, -0.25) is 0 Å². The predicted molar refractivity (Wildman–Crippen MR) is 82.2 cm³/mol. The van der Waals surface area contributed by atoms with E-state index < -0.39 is 0 Å². The van der Waals surface area contributed by atoms with E-state index in [9.17, 15) is 0 Å². The fraction of sp³-hybridized carbons (Fsp3) is 0.333. The summed E-state index contributed by atoms with van der Waals surface area (Å²) in [6.07, 6.45) is 4.33. The van der Waals surface area contributed by atoms with Crippen LogP contribution in [-0.2, 0) is 6.54 Å². The normalized spacial score (nSPS) is 14.5. The van der Waals surface area contributed by atoms with Gasteiger partial charge in [-0.15, -0.1) is 0 Å². The van der Waals surface area contributed by atoms with E-state index in [2.05, 4.69) is 21.4 Å². The van der Waals surface area contributed by atoms with Crippen molar-refractivity contribution >= 4 is 23.4 Å². The molecule has 0 unspecified atom stereocenters. The van der Waals surface area contributed by atoms with Crippen LogP contribution in [0.25, 0.3) is 0 Å². The molecule has 1 heterocycles. The van der Waals surface area contributed by atoms with Gasteiger partial charge in [0.1, 0.15) is 0 Å². The van der Waals surface area contributed by atoms with E-state index in [1.807, 2.05) is 25.1 Å². The van der Waals surface area contributed by atoms with Crippen molar-refractivity contribution in [1.29, 1.82) is 0 Å². The molecule has 1 N–H and O–H groups in total. The zero-order chi connectivity index (χ0) is 13.9. The molecular formula is C15H16ClN3S. The van der Waals surface area contributed by atoms with E-state index in [4.69, 9.17) is 11.6 Å². The summed E-state index contributed by atoms with van der Waals surface area (Å²) in [6, 6.07) is 8.55. The number of rotatable bonds is 5. The molecule has 20 heavy (non-hydrogen) atoms. The Balaban J connectivity index is 1.82. The van der Waals surface area contributed by atoms with E-state index >= 15 is 0 Å². The second-order valence-electron chi connectivity index (χ2n) is 4.95. The molecule has 0 aliphatic heterocycles. The topological polar surface area (TPSA) is 37.8 Å². The van der Waals surface area contributed by atoms with Crippen LogP contribution < -0.4 is 5.32 Å². The molecule has 0 bridgehead atoms. The number of hydrogen-bond donors (Lipinski definition) is 1. The van der Waals surface area contributed by atoms with Gasteiger partial charge in [-0.2, -0.15) is 0 Å². The van der Waals surface area contributed by atoms with Gasteiger partial charge in [0.25, 0.3) is 0 Å². The highest BCUT2D eigenvalue weighted by Crippen LogP contribution is 2.32.